The smallest absolute Gasteiger partial charge is 0.282 e. The molecular weight excluding hydrogens is 286 g/mol. The van der Waals surface area contributed by atoms with Gasteiger partial charge in [-0.25, -0.2) is 8.78 Å². The molecule has 0 atom stereocenters. The van der Waals surface area contributed by atoms with Gasteiger partial charge in [0.2, 0.25) is 0 Å². The number of rotatable bonds is 5. The largest absolute Gasteiger partial charge is 0.374 e. The second-order valence-corrected chi connectivity index (χ2v) is 5.75. The molecule has 0 N–H and O–H groups in total. The predicted molar refractivity (Wildman–Crippen MR) is 79.7 cm³/mol. The van der Waals surface area contributed by atoms with Crippen molar-refractivity contribution in [2.24, 2.45) is 0 Å². The lowest BCUT2D eigenvalue weighted by Gasteiger charge is -2.28. The minimum absolute atomic E-state index is 0.137. The highest BCUT2D eigenvalue weighted by molar-refractivity contribution is 5.13. The minimum atomic E-state index is -2.49. The topological polar surface area (TPSA) is 27.1 Å². The number of alkyl halides is 2. The van der Waals surface area contributed by atoms with E-state index in [1.54, 1.807) is 10.9 Å². The second-order valence-electron chi connectivity index (χ2n) is 5.75. The average Bonchev–Trinajstić information content (AvgIpc) is 3.05. The number of halogens is 2. The van der Waals surface area contributed by atoms with Gasteiger partial charge in [0.15, 0.2) is 0 Å². The van der Waals surface area contributed by atoms with E-state index < -0.39 is 6.43 Å². The molecule has 3 nitrogen and oxygen atoms in total. The third-order valence-corrected chi connectivity index (χ3v) is 4.20. The molecule has 0 unspecified atom stereocenters. The van der Waals surface area contributed by atoms with E-state index >= 15 is 0 Å². The Morgan fingerprint density at radius 2 is 1.82 bits per heavy atom. The third kappa shape index (κ3) is 3.71. The summed E-state index contributed by atoms with van der Waals surface area (Å²) in [5, 5.41) is 3.98. The summed E-state index contributed by atoms with van der Waals surface area (Å²) in [7, 11) is 0. The van der Waals surface area contributed by atoms with Crippen molar-refractivity contribution >= 4 is 0 Å². The molecular formula is C17H20F2N2O. The molecule has 1 aliphatic carbocycles. The molecule has 5 heteroatoms. The zero-order chi connectivity index (χ0) is 15.4. The molecule has 2 aromatic rings. The first kappa shape index (κ1) is 15.2. The van der Waals surface area contributed by atoms with Gasteiger partial charge in [-0.2, -0.15) is 5.10 Å². The molecule has 1 heterocycles. The summed E-state index contributed by atoms with van der Waals surface area (Å²) in [6, 6.07) is 11.7. The van der Waals surface area contributed by atoms with E-state index in [4.69, 9.17) is 4.74 Å². The van der Waals surface area contributed by atoms with Crippen molar-refractivity contribution in [1.29, 1.82) is 0 Å². The van der Waals surface area contributed by atoms with E-state index in [0.717, 1.165) is 25.7 Å². The SMILES string of the molecule is FC(F)c1ccn(C2CCC(OCc3ccccc3)CC2)n1. The first-order chi connectivity index (χ1) is 10.7. The van der Waals surface area contributed by atoms with Crippen molar-refractivity contribution in [3.63, 3.8) is 0 Å². The monoisotopic (exact) mass is 306 g/mol. The van der Waals surface area contributed by atoms with Crippen LogP contribution in [0, 0.1) is 0 Å². The van der Waals surface area contributed by atoms with Crippen LogP contribution in [0.15, 0.2) is 42.6 Å². The summed E-state index contributed by atoms with van der Waals surface area (Å²) in [6.07, 6.45) is 3.15. The van der Waals surface area contributed by atoms with Gasteiger partial charge in [-0.15, -0.1) is 0 Å². The molecule has 0 saturated heterocycles. The average molecular weight is 306 g/mol. The van der Waals surface area contributed by atoms with Gasteiger partial charge < -0.3 is 4.74 Å². The summed E-state index contributed by atoms with van der Waals surface area (Å²) < 4.78 is 32.8. The molecule has 0 radical (unpaired) electrons. The van der Waals surface area contributed by atoms with E-state index in [1.807, 2.05) is 18.2 Å². The fourth-order valence-corrected chi connectivity index (χ4v) is 2.94. The van der Waals surface area contributed by atoms with E-state index in [2.05, 4.69) is 17.2 Å². The van der Waals surface area contributed by atoms with Crippen molar-refractivity contribution in [2.45, 2.75) is 50.9 Å². The van der Waals surface area contributed by atoms with Crippen LogP contribution in [0.4, 0.5) is 8.78 Å². The van der Waals surface area contributed by atoms with Crippen LogP contribution in [0.3, 0.4) is 0 Å². The molecule has 1 aromatic carbocycles. The third-order valence-electron chi connectivity index (χ3n) is 4.20. The molecule has 0 amide bonds. The molecule has 0 spiro atoms. The normalized spacial score (nSPS) is 22.1. The lowest BCUT2D eigenvalue weighted by atomic mass is 9.93. The van der Waals surface area contributed by atoms with E-state index in [0.29, 0.717) is 6.61 Å². The second kappa shape index (κ2) is 7.01. The molecule has 3 rings (SSSR count). The predicted octanol–water partition coefficient (Wildman–Crippen LogP) is 4.52. The minimum Gasteiger partial charge on any atom is -0.374 e. The number of ether oxygens (including phenoxy) is 1. The van der Waals surface area contributed by atoms with Crippen molar-refractivity contribution in [1.82, 2.24) is 9.78 Å². The van der Waals surface area contributed by atoms with Gasteiger partial charge in [0.05, 0.1) is 18.8 Å². The quantitative estimate of drug-likeness (QED) is 0.812. The van der Waals surface area contributed by atoms with Crippen LogP contribution in [-0.4, -0.2) is 15.9 Å². The first-order valence-electron chi connectivity index (χ1n) is 7.71. The zero-order valence-corrected chi connectivity index (χ0v) is 12.4. The van der Waals surface area contributed by atoms with Gasteiger partial charge in [-0.1, -0.05) is 30.3 Å². The van der Waals surface area contributed by atoms with Gasteiger partial charge in [-0.05, 0) is 37.3 Å². The summed E-state index contributed by atoms with van der Waals surface area (Å²) in [6.45, 7) is 0.632. The van der Waals surface area contributed by atoms with Crippen LogP contribution in [0.1, 0.15) is 49.4 Å². The van der Waals surface area contributed by atoms with E-state index in [9.17, 15) is 8.78 Å². The number of hydrogen-bond donors (Lipinski definition) is 0. The number of benzene rings is 1. The first-order valence-corrected chi connectivity index (χ1v) is 7.71. The molecule has 22 heavy (non-hydrogen) atoms. The Morgan fingerprint density at radius 1 is 1.09 bits per heavy atom. The molecule has 118 valence electrons. The van der Waals surface area contributed by atoms with E-state index in [-0.39, 0.29) is 17.8 Å². The molecule has 0 aliphatic heterocycles. The summed E-state index contributed by atoms with van der Waals surface area (Å²) in [5.74, 6) is 0. The highest BCUT2D eigenvalue weighted by Crippen LogP contribution is 2.30. The van der Waals surface area contributed by atoms with Crippen LogP contribution < -0.4 is 0 Å². The fourth-order valence-electron chi connectivity index (χ4n) is 2.94. The van der Waals surface area contributed by atoms with Crippen molar-refractivity contribution in [3.8, 4) is 0 Å². The molecule has 1 aliphatic rings. The zero-order valence-electron chi connectivity index (χ0n) is 12.4. The number of aromatic nitrogens is 2. The maximum atomic E-state index is 12.6. The lowest BCUT2D eigenvalue weighted by molar-refractivity contribution is 0.00728. The molecule has 1 aromatic heterocycles. The van der Waals surface area contributed by atoms with Gasteiger partial charge in [-0.3, -0.25) is 4.68 Å². The van der Waals surface area contributed by atoms with Crippen LogP contribution in [-0.2, 0) is 11.3 Å². The van der Waals surface area contributed by atoms with Gasteiger partial charge in [0.1, 0.15) is 5.69 Å². The van der Waals surface area contributed by atoms with Crippen LogP contribution in [0.25, 0.3) is 0 Å². The molecule has 1 fully saturated rings. The fraction of sp³-hybridized carbons (Fsp3) is 0.471. The lowest BCUT2D eigenvalue weighted by Crippen LogP contribution is -2.24. The van der Waals surface area contributed by atoms with Crippen LogP contribution in [0.2, 0.25) is 0 Å². The highest BCUT2D eigenvalue weighted by Gasteiger charge is 2.24. The Labute approximate surface area is 128 Å². The van der Waals surface area contributed by atoms with Crippen molar-refractivity contribution in [2.75, 3.05) is 0 Å². The summed E-state index contributed by atoms with van der Waals surface area (Å²) in [4.78, 5) is 0. The van der Waals surface area contributed by atoms with Crippen molar-refractivity contribution < 1.29 is 13.5 Å². The van der Waals surface area contributed by atoms with Gasteiger partial charge in [0.25, 0.3) is 6.43 Å². The number of nitrogens with zero attached hydrogens (tertiary/aromatic N) is 2. The Balaban J connectivity index is 1.47. The van der Waals surface area contributed by atoms with Crippen LogP contribution >= 0.6 is 0 Å². The summed E-state index contributed by atoms with van der Waals surface area (Å²) in [5.41, 5.74) is 1.04. The Hall–Kier alpha value is -1.75. The van der Waals surface area contributed by atoms with Crippen molar-refractivity contribution in [3.05, 3.63) is 53.9 Å². The molecule has 0 bridgehead atoms. The maximum Gasteiger partial charge on any atom is 0.282 e. The standard InChI is InChI=1S/C17H20F2N2O/c18-17(19)16-10-11-21(20-16)14-6-8-15(9-7-14)22-12-13-4-2-1-3-5-13/h1-5,10-11,14-15,17H,6-9,12H2. The summed E-state index contributed by atoms with van der Waals surface area (Å²) >= 11 is 0. The Kier molecular flexibility index (Phi) is 4.83. The van der Waals surface area contributed by atoms with Crippen LogP contribution in [0.5, 0.6) is 0 Å². The Morgan fingerprint density at radius 3 is 2.45 bits per heavy atom. The highest BCUT2D eigenvalue weighted by atomic mass is 19.3. The Bertz CT molecular complexity index is 577. The van der Waals surface area contributed by atoms with Gasteiger partial charge >= 0.3 is 0 Å². The van der Waals surface area contributed by atoms with Gasteiger partial charge in [0, 0.05) is 6.20 Å². The number of hydrogen-bond acceptors (Lipinski definition) is 2. The van der Waals surface area contributed by atoms with E-state index in [1.165, 1.54) is 11.6 Å². The molecule has 1 saturated carbocycles. The maximum absolute atomic E-state index is 12.6.